The Labute approximate surface area is 152 Å². The molecule has 4 nitrogen and oxygen atoms in total. The molecule has 2 heterocycles. The molecule has 0 unspecified atom stereocenters. The van der Waals surface area contributed by atoms with E-state index in [1.807, 2.05) is 36.4 Å². The van der Waals surface area contributed by atoms with Crippen molar-refractivity contribution in [2.45, 2.75) is 0 Å². The quantitative estimate of drug-likeness (QED) is 0.350. The number of para-hydroxylation sites is 2. The molecule has 0 saturated carbocycles. The van der Waals surface area contributed by atoms with E-state index in [0.29, 0.717) is 11.0 Å². The summed E-state index contributed by atoms with van der Waals surface area (Å²) in [5.74, 6) is -0.0220. The predicted octanol–water partition coefficient (Wildman–Crippen LogP) is 2.24. The second kappa shape index (κ2) is 7.84. The van der Waals surface area contributed by atoms with Crippen molar-refractivity contribution in [3.05, 3.63) is 73.1 Å². The van der Waals surface area contributed by atoms with Gasteiger partial charge in [-0.3, -0.25) is 9.97 Å². The average Bonchev–Trinajstić information content (AvgIpc) is 2.57. The van der Waals surface area contributed by atoms with Crippen LogP contribution in [0.15, 0.2) is 73.1 Å². The van der Waals surface area contributed by atoms with Crippen LogP contribution < -0.4 is 10.2 Å². The van der Waals surface area contributed by atoms with E-state index < -0.39 is 0 Å². The van der Waals surface area contributed by atoms with Crippen LogP contribution in [0.5, 0.6) is 11.5 Å². The number of nitrogens with zero attached hydrogens (tertiary/aromatic N) is 2. The third kappa shape index (κ3) is 3.94. The van der Waals surface area contributed by atoms with Crippen molar-refractivity contribution in [2.24, 2.45) is 0 Å². The summed E-state index contributed by atoms with van der Waals surface area (Å²) in [6, 6.07) is 17.7. The molecule has 4 rings (SSSR count). The first-order chi connectivity index (χ1) is 10.8. The molecule has 0 fully saturated rings. The monoisotopic (exact) mass is 497 g/mol. The maximum atomic E-state index is 11.1. The fourth-order valence-electron chi connectivity index (χ4n) is 2.15. The minimum atomic E-state index is -0.0110. The van der Waals surface area contributed by atoms with Crippen molar-refractivity contribution in [3.8, 4) is 11.5 Å². The minimum absolute atomic E-state index is 0. The number of aromatic nitrogens is 2. The number of benzene rings is 2. The van der Waals surface area contributed by atoms with Crippen LogP contribution in [0.4, 0.5) is 0 Å². The Balaban J connectivity index is 0.000000160. The van der Waals surface area contributed by atoms with Gasteiger partial charge >= 0.3 is 26.2 Å². The summed E-state index contributed by atoms with van der Waals surface area (Å²) in [6.45, 7) is 0. The van der Waals surface area contributed by atoms with E-state index in [1.165, 1.54) is 12.1 Å². The van der Waals surface area contributed by atoms with Gasteiger partial charge in [-0.1, -0.05) is 60.0 Å². The van der Waals surface area contributed by atoms with Crippen LogP contribution in [0.25, 0.3) is 21.8 Å². The number of rotatable bonds is 0. The van der Waals surface area contributed by atoms with Crippen molar-refractivity contribution >= 4 is 48.0 Å². The molecular formula is C18H12BiN2O2+. The molecule has 2 aromatic heterocycles. The number of pyridine rings is 2. The normalized spacial score (nSPS) is 9.74. The Hall–Kier alpha value is -2.26. The number of hydrogen-bond acceptors (Lipinski definition) is 4. The molecule has 4 aromatic rings. The van der Waals surface area contributed by atoms with Gasteiger partial charge in [-0.05, 0) is 22.9 Å². The third-order valence-corrected chi connectivity index (χ3v) is 3.19. The molecule has 0 aliphatic heterocycles. The fourth-order valence-corrected chi connectivity index (χ4v) is 2.15. The molecule has 0 N–H and O–H groups in total. The molecule has 0 atom stereocenters. The smallest absolute Gasteiger partial charge is 0.871 e. The molecule has 0 aliphatic rings. The van der Waals surface area contributed by atoms with Crippen molar-refractivity contribution < 1.29 is 10.2 Å². The van der Waals surface area contributed by atoms with Crippen molar-refractivity contribution in [3.63, 3.8) is 0 Å². The second-order valence-corrected chi connectivity index (χ2v) is 4.66. The van der Waals surface area contributed by atoms with E-state index in [0.717, 1.165) is 10.8 Å². The number of hydrogen-bond donors (Lipinski definition) is 0. The second-order valence-electron chi connectivity index (χ2n) is 4.66. The van der Waals surface area contributed by atoms with Crippen LogP contribution in [0.1, 0.15) is 0 Å². The van der Waals surface area contributed by atoms with Gasteiger partial charge in [-0.2, -0.15) is 0 Å². The van der Waals surface area contributed by atoms with E-state index in [2.05, 4.69) is 9.97 Å². The summed E-state index contributed by atoms with van der Waals surface area (Å²) in [6.07, 6.45) is 3.26. The minimum Gasteiger partial charge on any atom is -0.871 e. The van der Waals surface area contributed by atoms with Crippen molar-refractivity contribution in [1.29, 1.82) is 0 Å². The van der Waals surface area contributed by atoms with Gasteiger partial charge in [0.05, 0.1) is 11.0 Å². The first-order valence-electron chi connectivity index (χ1n) is 6.77. The maximum Gasteiger partial charge on any atom is 3.00 e. The van der Waals surface area contributed by atoms with Gasteiger partial charge in [0.15, 0.2) is 0 Å². The molecule has 2 radical (unpaired) electrons. The van der Waals surface area contributed by atoms with Gasteiger partial charge in [0.2, 0.25) is 0 Å². The van der Waals surface area contributed by atoms with Gasteiger partial charge in [-0.25, -0.2) is 0 Å². The zero-order chi connectivity index (χ0) is 15.4. The Morgan fingerprint density at radius 2 is 0.957 bits per heavy atom. The molecule has 0 spiro atoms. The summed E-state index contributed by atoms with van der Waals surface area (Å²) in [7, 11) is 0. The molecule has 0 aliphatic carbocycles. The summed E-state index contributed by atoms with van der Waals surface area (Å²) in [4.78, 5) is 7.94. The van der Waals surface area contributed by atoms with E-state index in [-0.39, 0.29) is 37.7 Å². The summed E-state index contributed by atoms with van der Waals surface area (Å²) < 4.78 is 0. The van der Waals surface area contributed by atoms with Crippen LogP contribution in [-0.2, 0) is 0 Å². The van der Waals surface area contributed by atoms with Gasteiger partial charge in [0, 0.05) is 12.4 Å². The van der Waals surface area contributed by atoms with E-state index >= 15 is 0 Å². The molecule has 110 valence electrons. The molecular weight excluding hydrogens is 485 g/mol. The van der Waals surface area contributed by atoms with E-state index in [4.69, 9.17) is 0 Å². The zero-order valence-corrected chi connectivity index (χ0v) is 15.6. The summed E-state index contributed by atoms with van der Waals surface area (Å²) in [5, 5.41) is 24.0. The Bertz CT molecular complexity index is 841. The first kappa shape index (κ1) is 17.1. The van der Waals surface area contributed by atoms with E-state index in [1.54, 1.807) is 24.5 Å². The Kier molecular flexibility index (Phi) is 5.83. The van der Waals surface area contributed by atoms with Crippen molar-refractivity contribution in [2.75, 3.05) is 0 Å². The zero-order valence-electron chi connectivity index (χ0n) is 12.1. The predicted molar refractivity (Wildman–Crippen MR) is 88.1 cm³/mol. The molecule has 23 heavy (non-hydrogen) atoms. The van der Waals surface area contributed by atoms with E-state index in [9.17, 15) is 10.2 Å². The SMILES string of the molecule is [Bi+3].[O-]c1cccc2cccnc12.[O-]c1cccc2cccnc12. The molecule has 0 saturated heterocycles. The van der Waals surface area contributed by atoms with Crippen LogP contribution in [0.3, 0.4) is 0 Å². The molecule has 2 aromatic carbocycles. The van der Waals surface area contributed by atoms with Gasteiger partial charge in [0.25, 0.3) is 0 Å². The van der Waals surface area contributed by atoms with Gasteiger partial charge < -0.3 is 10.2 Å². The molecule has 0 amide bonds. The average molecular weight is 497 g/mol. The van der Waals surface area contributed by atoms with Crippen LogP contribution in [0, 0.1) is 0 Å². The van der Waals surface area contributed by atoms with Crippen LogP contribution in [-0.4, -0.2) is 36.2 Å². The Morgan fingerprint density at radius 3 is 1.35 bits per heavy atom. The first-order valence-corrected chi connectivity index (χ1v) is 6.77. The fraction of sp³-hybridized carbons (Fsp3) is 0. The standard InChI is InChI=1S/2C9H7NO.Bi/c2*11-8-5-1-3-7-4-2-6-10-9(7)8;/h2*1-6,11H;/q;;+3/p-2. The number of fused-ring (bicyclic) bond motifs is 2. The topological polar surface area (TPSA) is 71.9 Å². The summed E-state index contributed by atoms with van der Waals surface area (Å²) >= 11 is 0. The summed E-state index contributed by atoms with van der Waals surface area (Å²) in [5.41, 5.74) is 1.10. The third-order valence-electron chi connectivity index (χ3n) is 3.19. The molecule has 5 heteroatoms. The van der Waals surface area contributed by atoms with Crippen LogP contribution in [0.2, 0.25) is 0 Å². The van der Waals surface area contributed by atoms with Crippen LogP contribution >= 0.6 is 0 Å². The molecule has 0 bridgehead atoms. The Morgan fingerprint density at radius 1 is 0.565 bits per heavy atom. The maximum absolute atomic E-state index is 11.1. The largest absolute Gasteiger partial charge is 3.00 e. The van der Waals surface area contributed by atoms with Crippen molar-refractivity contribution in [1.82, 2.24) is 9.97 Å². The van der Waals surface area contributed by atoms with Gasteiger partial charge in [0.1, 0.15) is 0 Å². The van der Waals surface area contributed by atoms with Gasteiger partial charge in [-0.15, -0.1) is 0 Å².